The molecule has 0 aliphatic rings. The maximum absolute atomic E-state index is 12.8. The van der Waals surface area contributed by atoms with Crippen LogP contribution in [0.1, 0.15) is 21.5 Å². The van der Waals surface area contributed by atoms with Gasteiger partial charge in [-0.1, -0.05) is 29.8 Å². The molecular formula is C22H19NO7S. The van der Waals surface area contributed by atoms with Gasteiger partial charge in [0.1, 0.15) is 5.75 Å². The first-order valence-electron chi connectivity index (χ1n) is 9.09. The number of carbonyl (C=O) groups is 2. The van der Waals surface area contributed by atoms with Gasteiger partial charge in [0, 0.05) is 0 Å². The fourth-order valence-electron chi connectivity index (χ4n) is 2.77. The minimum Gasteiger partial charge on any atom is -0.481 e. The highest BCUT2D eigenvalue weighted by Crippen LogP contribution is 2.33. The molecule has 0 amide bonds. The standard InChI is InChI=1S/C22H19NO7S/c1-14-5-8-18(9-6-14)31(28,29)23-19-13-16(22(26)27)7-10-20(19)30-17-4-2-3-15(11-17)12-21(24)25/h2-11,13,23H,12H2,1H3,(H,24,25)(H,26,27). The lowest BCUT2D eigenvalue weighted by atomic mass is 10.1. The van der Waals surface area contributed by atoms with Gasteiger partial charge in [0.2, 0.25) is 0 Å². The molecule has 0 aliphatic carbocycles. The number of aromatic carboxylic acids is 1. The molecule has 31 heavy (non-hydrogen) atoms. The molecule has 8 nitrogen and oxygen atoms in total. The van der Waals surface area contributed by atoms with Crippen molar-refractivity contribution in [3.63, 3.8) is 0 Å². The molecule has 3 rings (SSSR count). The van der Waals surface area contributed by atoms with E-state index in [4.69, 9.17) is 9.84 Å². The maximum Gasteiger partial charge on any atom is 0.335 e. The number of carboxylic acids is 2. The van der Waals surface area contributed by atoms with Gasteiger partial charge in [0.05, 0.1) is 22.6 Å². The van der Waals surface area contributed by atoms with E-state index in [1.165, 1.54) is 30.3 Å². The van der Waals surface area contributed by atoms with Crippen molar-refractivity contribution in [2.24, 2.45) is 0 Å². The first-order chi connectivity index (χ1) is 14.6. The summed E-state index contributed by atoms with van der Waals surface area (Å²) in [5.41, 5.74) is 1.18. The summed E-state index contributed by atoms with van der Waals surface area (Å²) in [4.78, 5) is 22.3. The molecule has 0 fully saturated rings. The van der Waals surface area contributed by atoms with E-state index in [0.29, 0.717) is 5.56 Å². The van der Waals surface area contributed by atoms with Gasteiger partial charge in [0.25, 0.3) is 10.0 Å². The summed E-state index contributed by atoms with van der Waals surface area (Å²) in [6.07, 6.45) is -0.206. The highest BCUT2D eigenvalue weighted by Gasteiger charge is 2.19. The first-order valence-corrected chi connectivity index (χ1v) is 10.6. The quantitative estimate of drug-likeness (QED) is 0.483. The molecule has 0 atom stereocenters. The zero-order valence-electron chi connectivity index (χ0n) is 16.4. The minimum absolute atomic E-state index is 0.00762. The van der Waals surface area contributed by atoms with Crippen LogP contribution in [0.3, 0.4) is 0 Å². The Bertz CT molecular complexity index is 1230. The average Bonchev–Trinajstić information content (AvgIpc) is 2.69. The van der Waals surface area contributed by atoms with Gasteiger partial charge >= 0.3 is 11.9 Å². The van der Waals surface area contributed by atoms with Crippen LogP contribution in [0.2, 0.25) is 0 Å². The Morgan fingerprint density at radius 2 is 1.68 bits per heavy atom. The maximum atomic E-state index is 12.8. The smallest absolute Gasteiger partial charge is 0.335 e. The molecule has 3 aromatic carbocycles. The largest absolute Gasteiger partial charge is 0.481 e. The average molecular weight is 441 g/mol. The molecule has 0 bridgehead atoms. The van der Waals surface area contributed by atoms with E-state index in [9.17, 15) is 23.1 Å². The third-order valence-corrected chi connectivity index (χ3v) is 5.67. The lowest BCUT2D eigenvalue weighted by Gasteiger charge is -2.15. The number of sulfonamides is 1. The lowest BCUT2D eigenvalue weighted by molar-refractivity contribution is -0.136. The van der Waals surface area contributed by atoms with Crippen LogP contribution in [-0.2, 0) is 21.2 Å². The normalized spacial score (nSPS) is 11.0. The number of hydrogen-bond donors (Lipinski definition) is 3. The molecule has 0 radical (unpaired) electrons. The zero-order valence-corrected chi connectivity index (χ0v) is 17.2. The van der Waals surface area contributed by atoms with E-state index in [1.807, 2.05) is 6.92 Å². The van der Waals surface area contributed by atoms with Gasteiger partial charge < -0.3 is 14.9 Å². The second-order valence-electron chi connectivity index (χ2n) is 6.75. The number of carboxylic acid groups (broad SMARTS) is 2. The summed E-state index contributed by atoms with van der Waals surface area (Å²) in [6, 6.07) is 16.3. The summed E-state index contributed by atoms with van der Waals surface area (Å²) < 4.78 is 33.7. The van der Waals surface area contributed by atoms with Crippen molar-refractivity contribution < 1.29 is 33.0 Å². The molecule has 0 saturated heterocycles. The van der Waals surface area contributed by atoms with Crippen molar-refractivity contribution in [3.05, 3.63) is 83.4 Å². The van der Waals surface area contributed by atoms with Gasteiger partial charge in [-0.3, -0.25) is 9.52 Å². The van der Waals surface area contributed by atoms with Crippen LogP contribution in [-0.4, -0.2) is 30.6 Å². The van der Waals surface area contributed by atoms with E-state index in [-0.39, 0.29) is 34.1 Å². The minimum atomic E-state index is -4.01. The van der Waals surface area contributed by atoms with Crippen LogP contribution in [0.25, 0.3) is 0 Å². The summed E-state index contributed by atoms with van der Waals surface area (Å²) in [5.74, 6) is -1.90. The Morgan fingerprint density at radius 1 is 0.968 bits per heavy atom. The SMILES string of the molecule is Cc1ccc(S(=O)(=O)Nc2cc(C(=O)O)ccc2Oc2cccc(CC(=O)O)c2)cc1. The second kappa shape index (κ2) is 8.88. The number of anilines is 1. The number of benzene rings is 3. The summed E-state index contributed by atoms with van der Waals surface area (Å²) in [7, 11) is -4.01. The molecule has 0 unspecified atom stereocenters. The molecule has 0 heterocycles. The van der Waals surface area contributed by atoms with Crippen molar-refractivity contribution >= 4 is 27.6 Å². The van der Waals surface area contributed by atoms with E-state index in [1.54, 1.807) is 30.3 Å². The Morgan fingerprint density at radius 3 is 2.32 bits per heavy atom. The Labute approximate surface area is 178 Å². The van der Waals surface area contributed by atoms with E-state index < -0.39 is 22.0 Å². The Hall–Kier alpha value is -3.85. The van der Waals surface area contributed by atoms with Gasteiger partial charge in [0.15, 0.2) is 5.75 Å². The van der Waals surface area contributed by atoms with Crippen LogP contribution >= 0.6 is 0 Å². The molecule has 9 heteroatoms. The third-order valence-electron chi connectivity index (χ3n) is 4.28. The van der Waals surface area contributed by atoms with Gasteiger partial charge in [-0.2, -0.15) is 0 Å². The number of rotatable bonds is 8. The van der Waals surface area contributed by atoms with Crippen molar-refractivity contribution in [3.8, 4) is 11.5 Å². The molecule has 3 aromatic rings. The summed E-state index contributed by atoms with van der Waals surface area (Å²) in [6.45, 7) is 1.82. The van der Waals surface area contributed by atoms with Crippen molar-refractivity contribution in [2.45, 2.75) is 18.2 Å². The highest BCUT2D eigenvalue weighted by atomic mass is 32.2. The zero-order chi connectivity index (χ0) is 22.6. The van der Waals surface area contributed by atoms with Crippen LogP contribution in [0.15, 0.2) is 71.6 Å². The van der Waals surface area contributed by atoms with Crippen LogP contribution < -0.4 is 9.46 Å². The fourth-order valence-corrected chi connectivity index (χ4v) is 3.83. The van der Waals surface area contributed by atoms with Gasteiger partial charge in [-0.25, -0.2) is 13.2 Å². The highest BCUT2D eigenvalue weighted by molar-refractivity contribution is 7.92. The van der Waals surface area contributed by atoms with Crippen LogP contribution in [0.4, 0.5) is 5.69 Å². The predicted molar refractivity (Wildman–Crippen MR) is 113 cm³/mol. The van der Waals surface area contributed by atoms with E-state index >= 15 is 0 Å². The van der Waals surface area contributed by atoms with E-state index in [0.717, 1.165) is 11.6 Å². The molecule has 3 N–H and O–H groups in total. The summed E-state index contributed by atoms with van der Waals surface area (Å²) in [5, 5.41) is 18.2. The number of nitrogens with one attached hydrogen (secondary N) is 1. The predicted octanol–water partition coefficient (Wildman–Crippen LogP) is 3.91. The van der Waals surface area contributed by atoms with Crippen molar-refractivity contribution in [1.29, 1.82) is 0 Å². The topological polar surface area (TPSA) is 130 Å². The molecule has 0 aliphatic heterocycles. The number of aryl methyl sites for hydroxylation is 1. The van der Waals surface area contributed by atoms with E-state index in [2.05, 4.69) is 4.72 Å². The van der Waals surface area contributed by atoms with Crippen LogP contribution in [0, 0.1) is 6.92 Å². The Kier molecular flexibility index (Phi) is 6.26. The molecular weight excluding hydrogens is 422 g/mol. The molecule has 160 valence electrons. The Balaban J connectivity index is 1.97. The lowest BCUT2D eigenvalue weighted by Crippen LogP contribution is -2.14. The van der Waals surface area contributed by atoms with Crippen LogP contribution in [0.5, 0.6) is 11.5 Å². The molecule has 0 saturated carbocycles. The molecule has 0 aromatic heterocycles. The van der Waals surface area contributed by atoms with Crippen molar-refractivity contribution in [1.82, 2.24) is 0 Å². The van der Waals surface area contributed by atoms with Gasteiger partial charge in [-0.15, -0.1) is 0 Å². The fraction of sp³-hybridized carbons (Fsp3) is 0.0909. The van der Waals surface area contributed by atoms with Gasteiger partial charge in [-0.05, 0) is 55.0 Å². The summed E-state index contributed by atoms with van der Waals surface area (Å²) >= 11 is 0. The van der Waals surface area contributed by atoms with Crippen molar-refractivity contribution in [2.75, 3.05) is 4.72 Å². The molecule has 0 spiro atoms. The number of aliphatic carboxylic acids is 1. The number of hydrogen-bond acceptors (Lipinski definition) is 5. The third kappa shape index (κ3) is 5.61. The monoisotopic (exact) mass is 441 g/mol. The number of ether oxygens (including phenoxy) is 1. The first kappa shape index (κ1) is 21.8. The second-order valence-corrected chi connectivity index (χ2v) is 8.44.